The fraction of sp³-hybridized carbons (Fsp3) is 0.611. The topological polar surface area (TPSA) is 49.6 Å². The van der Waals surface area contributed by atoms with Crippen LogP contribution < -0.4 is 5.73 Å². The van der Waals surface area contributed by atoms with Gasteiger partial charge in [-0.15, -0.1) is 0 Å². The van der Waals surface area contributed by atoms with Gasteiger partial charge in [-0.25, -0.2) is 0 Å². The summed E-state index contributed by atoms with van der Waals surface area (Å²) in [6.45, 7) is 7.68. The second kappa shape index (κ2) is 7.75. The van der Waals surface area contributed by atoms with Crippen molar-refractivity contribution in [2.45, 2.75) is 38.8 Å². The quantitative estimate of drug-likeness (QED) is 0.908. The average molecular weight is 303 g/mol. The number of hydrogen-bond donors (Lipinski definition) is 1. The summed E-state index contributed by atoms with van der Waals surface area (Å²) in [7, 11) is 1.93. The number of nitrogens with two attached hydrogens (primary N) is 1. The minimum atomic E-state index is -0.220. The van der Waals surface area contributed by atoms with Gasteiger partial charge in [-0.05, 0) is 24.4 Å². The highest BCUT2D eigenvalue weighted by molar-refractivity contribution is 5.77. The molecule has 1 aliphatic heterocycles. The van der Waals surface area contributed by atoms with E-state index in [4.69, 9.17) is 5.73 Å². The third-order valence-electron chi connectivity index (χ3n) is 4.90. The summed E-state index contributed by atoms with van der Waals surface area (Å²) in [5.74, 6) is 0.661. The molecule has 1 saturated heterocycles. The average Bonchev–Trinajstić information content (AvgIpc) is 2.54. The van der Waals surface area contributed by atoms with Crippen LogP contribution in [-0.4, -0.2) is 48.4 Å². The molecule has 0 aromatic heterocycles. The summed E-state index contributed by atoms with van der Waals surface area (Å²) in [5.41, 5.74) is 7.21. The normalized spacial score (nSPS) is 24.0. The molecule has 1 aromatic carbocycles. The Kier molecular flexibility index (Phi) is 5.98. The second-order valence-corrected chi connectivity index (χ2v) is 6.45. The van der Waals surface area contributed by atoms with Crippen LogP contribution in [0.25, 0.3) is 0 Å². The molecule has 4 heteroatoms. The fourth-order valence-corrected chi connectivity index (χ4v) is 3.42. The molecule has 0 saturated carbocycles. The molecule has 0 aliphatic carbocycles. The molecule has 4 nitrogen and oxygen atoms in total. The van der Waals surface area contributed by atoms with Gasteiger partial charge in [-0.2, -0.15) is 0 Å². The van der Waals surface area contributed by atoms with Crippen LogP contribution in [0.4, 0.5) is 0 Å². The Morgan fingerprint density at radius 2 is 2.09 bits per heavy atom. The molecule has 2 rings (SSSR count). The van der Waals surface area contributed by atoms with Crippen LogP contribution >= 0.6 is 0 Å². The SMILES string of the molecule is CCN1CC[C@H](N(C)C(=O)C[C@@H](N)c2ccccc2)[C@H](C)C1. The van der Waals surface area contributed by atoms with E-state index in [1.54, 1.807) is 0 Å². The lowest BCUT2D eigenvalue weighted by atomic mass is 9.92. The van der Waals surface area contributed by atoms with Gasteiger partial charge in [-0.3, -0.25) is 4.79 Å². The number of benzene rings is 1. The lowest BCUT2D eigenvalue weighted by Crippen LogP contribution is -2.50. The van der Waals surface area contributed by atoms with Gasteiger partial charge >= 0.3 is 0 Å². The van der Waals surface area contributed by atoms with E-state index in [1.165, 1.54) is 0 Å². The summed E-state index contributed by atoms with van der Waals surface area (Å²) in [5, 5.41) is 0. The largest absolute Gasteiger partial charge is 0.342 e. The summed E-state index contributed by atoms with van der Waals surface area (Å²) in [4.78, 5) is 16.9. The Morgan fingerprint density at radius 3 is 2.68 bits per heavy atom. The summed E-state index contributed by atoms with van der Waals surface area (Å²) in [6, 6.07) is 9.98. The highest BCUT2D eigenvalue weighted by Gasteiger charge is 2.31. The van der Waals surface area contributed by atoms with Gasteiger partial charge in [0.25, 0.3) is 0 Å². The summed E-state index contributed by atoms with van der Waals surface area (Å²) >= 11 is 0. The molecule has 1 heterocycles. The number of amides is 1. The molecule has 0 spiro atoms. The molecule has 22 heavy (non-hydrogen) atoms. The highest BCUT2D eigenvalue weighted by atomic mass is 16.2. The molecule has 1 fully saturated rings. The first-order valence-corrected chi connectivity index (χ1v) is 8.31. The van der Waals surface area contributed by atoms with E-state index in [1.807, 2.05) is 42.3 Å². The number of carbonyl (C=O) groups is 1. The standard InChI is InChI=1S/C18H29N3O/c1-4-21-11-10-17(14(2)13-21)20(3)18(22)12-16(19)15-8-6-5-7-9-15/h5-9,14,16-17H,4,10-13,19H2,1-3H3/t14-,16-,17+/m1/s1. The van der Waals surface area contributed by atoms with Gasteiger partial charge in [0.15, 0.2) is 0 Å². The van der Waals surface area contributed by atoms with Crippen molar-refractivity contribution in [2.75, 3.05) is 26.7 Å². The van der Waals surface area contributed by atoms with Crippen LogP contribution in [0.15, 0.2) is 30.3 Å². The van der Waals surface area contributed by atoms with E-state index in [9.17, 15) is 4.79 Å². The minimum absolute atomic E-state index is 0.151. The van der Waals surface area contributed by atoms with Crippen LogP contribution in [0, 0.1) is 5.92 Å². The zero-order valence-electron chi connectivity index (χ0n) is 14.0. The number of nitrogens with zero attached hydrogens (tertiary/aromatic N) is 2. The van der Waals surface area contributed by atoms with Crippen LogP contribution in [0.3, 0.4) is 0 Å². The van der Waals surface area contributed by atoms with Crippen LogP contribution in [0.1, 0.15) is 38.3 Å². The van der Waals surface area contributed by atoms with Gasteiger partial charge in [0.05, 0.1) is 0 Å². The van der Waals surface area contributed by atoms with Gasteiger partial charge < -0.3 is 15.5 Å². The first-order chi connectivity index (χ1) is 10.5. The minimum Gasteiger partial charge on any atom is -0.342 e. The lowest BCUT2D eigenvalue weighted by molar-refractivity contribution is -0.134. The van der Waals surface area contributed by atoms with Crippen molar-refractivity contribution in [3.8, 4) is 0 Å². The maximum atomic E-state index is 12.6. The molecule has 122 valence electrons. The predicted octanol–water partition coefficient (Wildman–Crippen LogP) is 2.27. The zero-order valence-corrected chi connectivity index (χ0v) is 14.0. The van der Waals surface area contributed by atoms with Gasteiger partial charge in [0.1, 0.15) is 0 Å². The zero-order chi connectivity index (χ0) is 16.1. The smallest absolute Gasteiger partial charge is 0.224 e. The third kappa shape index (κ3) is 4.08. The Labute approximate surface area is 134 Å². The number of carbonyl (C=O) groups excluding carboxylic acids is 1. The van der Waals surface area contributed by atoms with E-state index >= 15 is 0 Å². The maximum absolute atomic E-state index is 12.6. The molecule has 1 aliphatic rings. The number of likely N-dealkylation sites (tertiary alicyclic amines) is 1. The Morgan fingerprint density at radius 1 is 1.41 bits per heavy atom. The Bertz CT molecular complexity index is 476. The number of piperidine rings is 1. The van der Waals surface area contributed by atoms with Crippen molar-refractivity contribution < 1.29 is 4.79 Å². The molecule has 3 atom stereocenters. The van der Waals surface area contributed by atoms with E-state index < -0.39 is 0 Å². The molecule has 0 unspecified atom stereocenters. The molecular formula is C18H29N3O. The van der Waals surface area contributed by atoms with Gasteiger partial charge in [0, 0.05) is 38.6 Å². The third-order valence-corrected chi connectivity index (χ3v) is 4.90. The van der Waals surface area contributed by atoms with Crippen molar-refractivity contribution in [1.29, 1.82) is 0 Å². The lowest BCUT2D eigenvalue weighted by Gasteiger charge is -2.41. The summed E-state index contributed by atoms with van der Waals surface area (Å²) < 4.78 is 0. The van der Waals surface area contributed by atoms with Crippen LogP contribution in [-0.2, 0) is 4.79 Å². The van der Waals surface area contributed by atoms with Crippen molar-refractivity contribution in [2.24, 2.45) is 11.7 Å². The van der Waals surface area contributed by atoms with E-state index in [0.29, 0.717) is 18.4 Å². The van der Waals surface area contributed by atoms with Crippen molar-refractivity contribution in [3.05, 3.63) is 35.9 Å². The highest BCUT2D eigenvalue weighted by Crippen LogP contribution is 2.23. The second-order valence-electron chi connectivity index (χ2n) is 6.45. The first-order valence-electron chi connectivity index (χ1n) is 8.31. The molecular weight excluding hydrogens is 274 g/mol. The molecule has 0 bridgehead atoms. The molecule has 1 amide bonds. The Balaban J connectivity index is 1.92. The number of hydrogen-bond acceptors (Lipinski definition) is 3. The van der Waals surface area contributed by atoms with Crippen molar-refractivity contribution in [1.82, 2.24) is 9.80 Å². The predicted molar refractivity (Wildman–Crippen MR) is 90.4 cm³/mol. The molecule has 0 radical (unpaired) electrons. The Hall–Kier alpha value is -1.39. The van der Waals surface area contributed by atoms with E-state index in [0.717, 1.165) is 31.6 Å². The van der Waals surface area contributed by atoms with Crippen molar-refractivity contribution >= 4 is 5.91 Å². The molecule has 2 N–H and O–H groups in total. The first kappa shape index (κ1) is 17.0. The van der Waals surface area contributed by atoms with Crippen LogP contribution in [0.5, 0.6) is 0 Å². The number of rotatable bonds is 5. The van der Waals surface area contributed by atoms with Gasteiger partial charge in [-0.1, -0.05) is 44.2 Å². The van der Waals surface area contributed by atoms with E-state index in [2.05, 4.69) is 18.7 Å². The maximum Gasteiger partial charge on any atom is 0.224 e. The van der Waals surface area contributed by atoms with Crippen LogP contribution in [0.2, 0.25) is 0 Å². The van der Waals surface area contributed by atoms with Crippen molar-refractivity contribution in [3.63, 3.8) is 0 Å². The fourth-order valence-electron chi connectivity index (χ4n) is 3.42. The monoisotopic (exact) mass is 303 g/mol. The van der Waals surface area contributed by atoms with E-state index in [-0.39, 0.29) is 11.9 Å². The molecule has 1 aromatic rings. The van der Waals surface area contributed by atoms with Gasteiger partial charge in [0.2, 0.25) is 5.91 Å². The summed E-state index contributed by atoms with van der Waals surface area (Å²) in [6.07, 6.45) is 1.43.